The van der Waals surface area contributed by atoms with Crippen LogP contribution in [-0.4, -0.2) is 17.6 Å². The Morgan fingerprint density at radius 2 is 2.20 bits per heavy atom. The van der Waals surface area contributed by atoms with Crippen LogP contribution in [0.5, 0.6) is 0 Å². The molecule has 0 bridgehead atoms. The Kier molecular flexibility index (Phi) is 3.14. The number of rotatable bonds is 2. The van der Waals surface area contributed by atoms with Gasteiger partial charge in [-0.15, -0.1) is 0 Å². The number of aryl methyl sites for hydroxylation is 1. The lowest BCUT2D eigenvalue weighted by atomic mass is 10.2. The molecule has 1 rings (SSSR count). The molecule has 0 spiro atoms. The molecule has 0 fully saturated rings. The molecule has 82 valence electrons. The van der Waals surface area contributed by atoms with E-state index in [9.17, 15) is 9.59 Å². The van der Waals surface area contributed by atoms with Crippen LogP contribution in [0.15, 0.2) is 17.1 Å². The summed E-state index contributed by atoms with van der Waals surface area (Å²) in [6.45, 7) is 3.33. The van der Waals surface area contributed by atoms with Gasteiger partial charge in [0.15, 0.2) is 0 Å². The number of hydrogen-bond donors (Lipinski definition) is 1. The molecule has 0 aliphatic heterocycles. The van der Waals surface area contributed by atoms with E-state index in [2.05, 4.69) is 4.74 Å². The summed E-state index contributed by atoms with van der Waals surface area (Å²) in [5, 5.41) is 0. The monoisotopic (exact) mass is 210 g/mol. The SMILES string of the molecule is COC(=O)C(C)n1cc(N)c(C)cc1=O. The van der Waals surface area contributed by atoms with Gasteiger partial charge in [0.05, 0.1) is 12.8 Å². The Balaban J connectivity index is 3.21. The van der Waals surface area contributed by atoms with Crippen LogP contribution >= 0.6 is 0 Å². The van der Waals surface area contributed by atoms with Gasteiger partial charge >= 0.3 is 5.97 Å². The molecule has 5 heteroatoms. The Bertz CT molecular complexity index is 437. The van der Waals surface area contributed by atoms with Crippen LogP contribution in [-0.2, 0) is 9.53 Å². The minimum atomic E-state index is -0.662. The fourth-order valence-electron chi connectivity index (χ4n) is 1.25. The Morgan fingerprint density at radius 1 is 1.60 bits per heavy atom. The molecule has 0 saturated heterocycles. The minimum absolute atomic E-state index is 0.264. The van der Waals surface area contributed by atoms with E-state index in [0.717, 1.165) is 0 Å². The van der Waals surface area contributed by atoms with Gasteiger partial charge in [0.25, 0.3) is 5.56 Å². The van der Waals surface area contributed by atoms with Crippen molar-refractivity contribution in [2.24, 2.45) is 0 Å². The fourth-order valence-corrected chi connectivity index (χ4v) is 1.25. The van der Waals surface area contributed by atoms with Crippen LogP contribution < -0.4 is 11.3 Å². The van der Waals surface area contributed by atoms with Gasteiger partial charge < -0.3 is 10.5 Å². The first-order valence-electron chi connectivity index (χ1n) is 4.53. The molecule has 0 aliphatic rings. The number of aromatic nitrogens is 1. The van der Waals surface area contributed by atoms with E-state index in [0.29, 0.717) is 11.3 Å². The van der Waals surface area contributed by atoms with E-state index in [1.807, 2.05) is 0 Å². The summed E-state index contributed by atoms with van der Waals surface area (Å²) in [6.07, 6.45) is 1.46. The predicted octanol–water partition coefficient (Wildman–Crippen LogP) is 0.473. The van der Waals surface area contributed by atoms with E-state index in [4.69, 9.17) is 5.73 Å². The molecule has 5 nitrogen and oxygen atoms in total. The van der Waals surface area contributed by atoms with Crippen LogP contribution in [0.2, 0.25) is 0 Å². The van der Waals surface area contributed by atoms with Gasteiger partial charge in [-0.2, -0.15) is 0 Å². The molecule has 0 aliphatic carbocycles. The maximum absolute atomic E-state index is 11.6. The molecule has 1 aromatic heterocycles. The number of ether oxygens (including phenoxy) is 1. The zero-order chi connectivity index (χ0) is 11.6. The molecule has 0 radical (unpaired) electrons. The van der Waals surface area contributed by atoms with E-state index in [-0.39, 0.29) is 5.56 Å². The van der Waals surface area contributed by atoms with Gasteiger partial charge in [0.2, 0.25) is 0 Å². The standard InChI is InChI=1S/C10H14N2O3/c1-6-4-9(13)12(5-8(6)11)7(2)10(14)15-3/h4-5,7H,11H2,1-3H3. The molecule has 1 unspecified atom stereocenters. The number of esters is 1. The first kappa shape index (κ1) is 11.3. The third-order valence-corrected chi connectivity index (χ3v) is 2.29. The topological polar surface area (TPSA) is 74.3 Å². The van der Waals surface area contributed by atoms with Gasteiger partial charge in [-0.05, 0) is 19.4 Å². The zero-order valence-electron chi connectivity index (χ0n) is 8.98. The second kappa shape index (κ2) is 4.16. The molecule has 1 aromatic rings. The summed E-state index contributed by atoms with van der Waals surface area (Å²) in [5.41, 5.74) is 6.57. The van der Waals surface area contributed by atoms with Crippen molar-refractivity contribution in [3.8, 4) is 0 Å². The van der Waals surface area contributed by atoms with Crippen molar-refractivity contribution in [1.29, 1.82) is 0 Å². The van der Waals surface area contributed by atoms with E-state index >= 15 is 0 Å². The van der Waals surface area contributed by atoms with Crippen LogP contribution in [0, 0.1) is 6.92 Å². The first-order chi connectivity index (χ1) is 6.97. The maximum atomic E-state index is 11.6. The van der Waals surface area contributed by atoms with E-state index in [1.54, 1.807) is 13.8 Å². The smallest absolute Gasteiger partial charge is 0.328 e. The Labute approximate surface area is 87.5 Å². The normalized spacial score (nSPS) is 12.2. The molecule has 15 heavy (non-hydrogen) atoms. The lowest BCUT2D eigenvalue weighted by Gasteiger charge is -2.13. The summed E-state index contributed by atoms with van der Waals surface area (Å²) in [6, 6.07) is 0.736. The van der Waals surface area contributed by atoms with Crippen molar-refractivity contribution in [3.63, 3.8) is 0 Å². The second-order valence-corrected chi connectivity index (χ2v) is 3.36. The number of methoxy groups -OCH3 is 1. The highest BCUT2D eigenvalue weighted by Gasteiger charge is 2.16. The highest BCUT2D eigenvalue weighted by Crippen LogP contribution is 2.10. The summed E-state index contributed by atoms with van der Waals surface area (Å²) >= 11 is 0. The van der Waals surface area contributed by atoms with Crippen molar-refractivity contribution in [1.82, 2.24) is 4.57 Å². The molecule has 1 atom stereocenters. The summed E-state index contributed by atoms with van der Waals surface area (Å²) in [4.78, 5) is 22.8. The van der Waals surface area contributed by atoms with Crippen LogP contribution in [0.4, 0.5) is 5.69 Å². The average Bonchev–Trinajstić information content (AvgIpc) is 2.21. The number of nitrogens with two attached hydrogens (primary N) is 1. The highest BCUT2D eigenvalue weighted by atomic mass is 16.5. The van der Waals surface area contributed by atoms with Gasteiger partial charge in [0, 0.05) is 12.3 Å². The number of carbonyl (C=O) groups is 1. The summed E-state index contributed by atoms with van der Waals surface area (Å²) < 4.78 is 5.81. The molecule has 1 heterocycles. The van der Waals surface area contributed by atoms with Crippen molar-refractivity contribution in [3.05, 3.63) is 28.2 Å². The van der Waals surface area contributed by atoms with Crippen molar-refractivity contribution in [2.45, 2.75) is 19.9 Å². The van der Waals surface area contributed by atoms with Gasteiger partial charge in [-0.25, -0.2) is 4.79 Å². The number of nitrogens with zero attached hydrogens (tertiary/aromatic N) is 1. The number of anilines is 1. The lowest BCUT2D eigenvalue weighted by molar-refractivity contribution is -0.144. The fraction of sp³-hybridized carbons (Fsp3) is 0.400. The molecule has 0 aromatic carbocycles. The molecular weight excluding hydrogens is 196 g/mol. The minimum Gasteiger partial charge on any atom is -0.467 e. The second-order valence-electron chi connectivity index (χ2n) is 3.36. The molecular formula is C10H14N2O3. The van der Waals surface area contributed by atoms with Crippen molar-refractivity contribution in [2.75, 3.05) is 12.8 Å². The number of pyridine rings is 1. The zero-order valence-corrected chi connectivity index (χ0v) is 8.98. The van der Waals surface area contributed by atoms with Crippen LogP contribution in [0.25, 0.3) is 0 Å². The van der Waals surface area contributed by atoms with Crippen molar-refractivity contribution < 1.29 is 9.53 Å². The quantitative estimate of drug-likeness (QED) is 0.720. The highest BCUT2D eigenvalue weighted by molar-refractivity contribution is 5.73. The molecule has 0 saturated carbocycles. The number of hydrogen-bond acceptors (Lipinski definition) is 4. The number of nitrogen functional groups attached to an aromatic ring is 1. The predicted molar refractivity (Wildman–Crippen MR) is 56.6 cm³/mol. The average molecular weight is 210 g/mol. The molecule has 2 N–H and O–H groups in total. The van der Waals surface area contributed by atoms with Crippen molar-refractivity contribution >= 4 is 11.7 Å². The Morgan fingerprint density at radius 3 is 2.73 bits per heavy atom. The van der Waals surface area contributed by atoms with E-state index in [1.165, 1.54) is 23.9 Å². The lowest BCUT2D eigenvalue weighted by Crippen LogP contribution is -2.28. The van der Waals surface area contributed by atoms with E-state index < -0.39 is 12.0 Å². The molecule has 0 amide bonds. The van der Waals surface area contributed by atoms with Gasteiger partial charge in [-0.1, -0.05) is 0 Å². The van der Waals surface area contributed by atoms with Crippen LogP contribution in [0.3, 0.4) is 0 Å². The third-order valence-electron chi connectivity index (χ3n) is 2.29. The third kappa shape index (κ3) is 2.18. The van der Waals surface area contributed by atoms with Gasteiger partial charge in [0.1, 0.15) is 6.04 Å². The summed E-state index contributed by atoms with van der Waals surface area (Å²) in [5.74, 6) is -0.472. The largest absolute Gasteiger partial charge is 0.467 e. The maximum Gasteiger partial charge on any atom is 0.328 e. The summed E-state index contributed by atoms with van der Waals surface area (Å²) in [7, 11) is 1.28. The Hall–Kier alpha value is -1.78. The van der Waals surface area contributed by atoms with Crippen LogP contribution in [0.1, 0.15) is 18.5 Å². The first-order valence-corrected chi connectivity index (χ1v) is 4.53. The number of carbonyl (C=O) groups excluding carboxylic acids is 1. The van der Waals surface area contributed by atoms with Gasteiger partial charge in [-0.3, -0.25) is 9.36 Å².